The molecule has 1 atom stereocenters. The molecule has 0 aromatic heterocycles. The summed E-state index contributed by atoms with van der Waals surface area (Å²) in [5, 5.41) is 12.8. The Balaban J connectivity index is 1.99. The lowest BCUT2D eigenvalue weighted by Crippen LogP contribution is -2.37. The van der Waals surface area contributed by atoms with Crippen LogP contribution in [0.25, 0.3) is 0 Å². The van der Waals surface area contributed by atoms with Gasteiger partial charge in [0.15, 0.2) is 0 Å². The van der Waals surface area contributed by atoms with Gasteiger partial charge in [0.05, 0.1) is 0 Å². The van der Waals surface area contributed by atoms with E-state index in [0.717, 1.165) is 25.1 Å². The fourth-order valence-electron chi connectivity index (χ4n) is 1.93. The molecule has 2 rings (SSSR count). The van der Waals surface area contributed by atoms with Crippen molar-refractivity contribution < 1.29 is 9.84 Å². The van der Waals surface area contributed by atoms with Gasteiger partial charge in [0.25, 0.3) is 0 Å². The molecule has 3 heteroatoms. The first-order valence-electron chi connectivity index (χ1n) is 5.87. The Morgan fingerprint density at radius 2 is 2.31 bits per heavy atom. The van der Waals surface area contributed by atoms with Gasteiger partial charge in [0.1, 0.15) is 17.6 Å². The first-order chi connectivity index (χ1) is 7.65. The first-order valence-corrected chi connectivity index (χ1v) is 5.87. The number of aryl methyl sites for hydroxylation is 1. The Morgan fingerprint density at radius 1 is 1.50 bits per heavy atom. The lowest BCUT2D eigenvalue weighted by Gasteiger charge is -2.27. The van der Waals surface area contributed by atoms with E-state index >= 15 is 0 Å². The van der Waals surface area contributed by atoms with E-state index < -0.39 is 0 Å². The maximum Gasteiger partial charge on any atom is 0.126 e. The van der Waals surface area contributed by atoms with Crippen LogP contribution in [0.15, 0.2) is 18.2 Å². The topological polar surface area (TPSA) is 41.5 Å². The Hall–Kier alpha value is -1.22. The van der Waals surface area contributed by atoms with Crippen molar-refractivity contribution in [2.75, 3.05) is 6.54 Å². The van der Waals surface area contributed by atoms with Crippen molar-refractivity contribution in [1.82, 2.24) is 5.32 Å². The van der Waals surface area contributed by atoms with Gasteiger partial charge in [-0.15, -0.1) is 0 Å². The van der Waals surface area contributed by atoms with Crippen molar-refractivity contribution in [1.29, 1.82) is 0 Å². The quantitative estimate of drug-likeness (QED) is 0.821. The van der Waals surface area contributed by atoms with Gasteiger partial charge in [-0.3, -0.25) is 0 Å². The standard InChI is InChI=1S/C13H19NO2/c1-9(2)14-8-12-6-4-10-3-5-11(15)7-13(10)16-12/h3,5,7,9,12,14-15H,4,6,8H2,1-2H3/t12-/m1/s1. The van der Waals surface area contributed by atoms with Crippen molar-refractivity contribution in [3.8, 4) is 11.5 Å². The van der Waals surface area contributed by atoms with Gasteiger partial charge < -0.3 is 15.2 Å². The monoisotopic (exact) mass is 221 g/mol. The number of fused-ring (bicyclic) bond motifs is 1. The van der Waals surface area contributed by atoms with Crippen molar-refractivity contribution in [3.05, 3.63) is 23.8 Å². The number of aromatic hydroxyl groups is 1. The normalized spacial score (nSPS) is 19.3. The Labute approximate surface area is 96.4 Å². The summed E-state index contributed by atoms with van der Waals surface area (Å²) in [7, 11) is 0. The van der Waals surface area contributed by atoms with Gasteiger partial charge in [-0.05, 0) is 24.5 Å². The zero-order chi connectivity index (χ0) is 11.5. The van der Waals surface area contributed by atoms with E-state index in [2.05, 4.69) is 19.2 Å². The first kappa shape index (κ1) is 11.3. The van der Waals surface area contributed by atoms with E-state index in [0.29, 0.717) is 6.04 Å². The Morgan fingerprint density at radius 3 is 3.06 bits per heavy atom. The summed E-state index contributed by atoms with van der Waals surface area (Å²) in [6, 6.07) is 5.84. The fourth-order valence-corrected chi connectivity index (χ4v) is 1.93. The maximum absolute atomic E-state index is 9.40. The van der Waals surface area contributed by atoms with Crippen molar-refractivity contribution in [3.63, 3.8) is 0 Å². The summed E-state index contributed by atoms with van der Waals surface area (Å²) < 4.78 is 5.84. The van der Waals surface area contributed by atoms with Gasteiger partial charge in [-0.1, -0.05) is 19.9 Å². The molecule has 0 aliphatic carbocycles. The number of hydrogen-bond acceptors (Lipinski definition) is 3. The summed E-state index contributed by atoms with van der Waals surface area (Å²) in [4.78, 5) is 0. The van der Waals surface area contributed by atoms with Crippen molar-refractivity contribution in [2.45, 2.75) is 38.8 Å². The van der Waals surface area contributed by atoms with E-state index in [9.17, 15) is 5.11 Å². The van der Waals surface area contributed by atoms with Gasteiger partial charge in [-0.2, -0.15) is 0 Å². The molecule has 0 unspecified atom stereocenters. The third-order valence-electron chi connectivity index (χ3n) is 2.83. The molecule has 0 radical (unpaired) electrons. The molecule has 0 saturated carbocycles. The van der Waals surface area contributed by atoms with E-state index in [1.165, 1.54) is 5.56 Å². The van der Waals surface area contributed by atoms with E-state index in [-0.39, 0.29) is 11.9 Å². The zero-order valence-corrected chi connectivity index (χ0v) is 9.86. The van der Waals surface area contributed by atoms with Crippen LogP contribution in [0.3, 0.4) is 0 Å². The molecular weight excluding hydrogens is 202 g/mol. The van der Waals surface area contributed by atoms with Gasteiger partial charge in [0.2, 0.25) is 0 Å². The molecule has 1 aliphatic heterocycles. The second kappa shape index (κ2) is 4.74. The molecule has 2 N–H and O–H groups in total. The highest BCUT2D eigenvalue weighted by Gasteiger charge is 2.19. The molecule has 16 heavy (non-hydrogen) atoms. The molecule has 0 bridgehead atoms. The predicted octanol–water partition coefficient (Wildman–Crippen LogP) is 2.08. The molecule has 0 spiro atoms. The third-order valence-corrected chi connectivity index (χ3v) is 2.83. The fraction of sp³-hybridized carbons (Fsp3) is 0.538. The minimum Gasteiger partial charge on any atom is -0.508 e. The number of hydrogen-bond donors (Lipinski definition) is 2. The zero-order valence-electron chi connectivity index (χ0n) is 9.86. The summed E-state index contributed by atoms with van der Waals surface area (Å²) >= 11 is 0. The summed E-state index contributed by atoms with van der Waals surface area (Å²) in [5.74, 6) is 1.11. The predicted molar refractivity (Wildman–Crippen MR) is 64.0 cm³/mol. The van der Waals surface area contributed by atoms with Crippen LogP contribution in [0.4, 0.5) is 0 Å². The van der Waals surface area contributed by atoms with Crippen LogP contribution >= 0.6 is 0 Å². The van der Waals surface area contributed by atoms with Crippen LogP contribution in [0.5, 0.6) is 11.5 Å². The lowest BCUT2D eigenvalue weighted by molar-refractivity contribution is 0.167. The minimum atomic E-state index is 0.219. The van der Waals surface area contributed by atoms with Gasteiger partial charge in [-0.25, -0.2) is 0 Å². The van der Waals surface area contributed by atoms with Crippen LogP contribution in [-0.2, 0) is 6.42 Å². The van der Waals surface area contributed by atoms with Gasteiger partial charge >= 0.3 is 0 Å². The molecule has 1 aromatic carbocycles. The Bertz CT molecular complexity index is 363. The summed E-state index contributed by atoms with van der Waals surface area (Å²) in [5.41, 5.74) is 1.19. The smallest absolute Gasteiger partial charge is 0.126 e. The molecule has 88 valence electrons. The largest absolute Gasteiger partial charge is 0.508 e. The molecule has 1 aliphatic rings. The van der Waals surface area contributed by atoms with E-state index in [4.69, 9.17) is 4.74 Å². The molecule has 1 heterocycles. The van der Waals surface area contributed by atoms with Crippen LogP contribution in [-0.4, -0.2) is 23.8 Å². The SMILES string of the molecule is CC(C)NC[C@H]1CCc2ccc(O)cc2O1. The number of phenolic OH excluding ortho intramolecular Hbond substituents is 1. The number of nitrogens with one attached hydrogen (secondary N) is 1. The lowest BCUT2D eigenvalue weighted by atomic mass is 10.0. The maximum atomic E-state index is 9.40. The number of benzene rings is 1. The highest BCUT2D eigenvalue weighted by atomic mass is 16.5. The highest BCUT2D eigenvalue weighted by Crippen LogP contribution is 2.30. The average molecular weight is 221 g/mol. The molecule has 0 fully saturated rings. The van der Waals surface area contributed by atoms with Crippen molar-refractivity contribution >= 4 is 0 Å². The third kappa shape index (κ3) is 2.67. The minimum absolute atomic E-state index is 0.219. The van der Waals surface area contributed by atoms with E-state index in [1.807, 2.05) is 6.07 Å². The number of phenols is 1. The molecule has 1 aromatic rings. The second-order valence-electron chi connectivity index (χ2n) is 4.63. The van der Waals surface area contributed by atoms with Crippen LogP contribution in [0.2, 0.25) is 0 Å². The summed E-state index contributed by atoms with van der Waals surface area (Å²) in [6.45, 7) is 5.12. The Kier molecular flexibility index (Phi) is 3.34. The number of rotatable bonds is 3. The van der Waals surface area contributed by atoms with E-state index in [1.54, 1.807) is 12.1 Å². The van der Waals surface area contributed by atoms with Gasteiger partial charge in [0, 0.05) is 18.7 Å². The molecule has 0 amide bonds. The second-order valence-corrected chi connectivity index (χ2v) is 4.63. The number of ether oxygens (including phenoxy) is 1. The summed E-state index contributed by atoms with van der Waals surface area (Å²) in [6.07, 6.45) is 2.29. The highest BCUT2D eigenvalue weighted by molar-refractivity contribution is 5.41. The van der Waals surface area contributed by atoms with Crippen LogP contribution in [0, 0.1) is 0 Å². The van der Waals surface area contributed by atoms with Crippen LogP contribution in [0.1, 0.15) is 25.8 Å². The molecule has 0 saturated heterocycles. The van der Waals surface area contributed by atoms with Crippen LogP contribution < -0.4 is 10.1 Å². The molecular formula is C13H19NO2. The van der Waals surface area contributed by atoms with Crippen molar-refractivity contribution in [2.24, 2.45) is 0 Å². The molecule has 3 nitrogen and oxygen atoms in total. The average Bonchev–Trinajstić information content (AvgIpc) is 2.25.